The van der Waals surface area contributed by atoms with Crippen LogP contribution >= 0.6 is 0 Å². The number of aliphatic carboxylic acids is 1. The molecule has 3 N–H and O–H groups in total. The maximum atomic E-state index is 12.2. The number of rotatable bonds is 6. The number of carboxylic acids is 1. The molecule has 0 aliphatic carbocycles. The number of aromatic nitrogens is 1. The van der Waals surface area contributed by atoms with Crippen LogP contribution in [0.5, 0.6) is 5.75 Å². The summed E-state index contributed by atoms with van der Waals surface area (Å²) in [5.74, 6) is -1.02. The van der Waals surface area contributed by atoms with Crippen molar-refractivity contribution in [3.8, 4) is 5.75 Å². The van der Waals surface area contributed by atoms with Gasteiger partial charge in [-0.3, -0.25) is 14.4 Å². The van der Waals surface area contributed by atoms with Gasteiger partial charge in [0.15, 0.2) is 0 Å². The van der Waals surface area contributed by atoms with Gasteiger partial charge in [0.2, 0.25) is 5.56 Å². The summed E-state index contributed by atoms with van der Waals surface area (Å²) in [7, 11) is 1.50. The lowest BCUT2D eigenvalue weighted by molar-refractivity contribution is -0.137. The lowest BCUT2D eigenvalue weighted by Crippen LogP contribution is -2.30. The molecule has 7 heteroatoms. The van der Waals surface area contributed by atoms with Gasteiger partial charge in [0.05, 0.1) is 19.6 Å². The van der Waals surface area contributed by atoms with E-state index in [-0.39, 0.29) is 12.0 Å². The molecule has 0 saturated carbocycles. The second kappa shape index (κ2) is 7.26. The standard InChI is InChI=1S/C16H16N2O5/c1-23-12-4-2-3-10(7-12)13(9-15(20)21)18-16(22)11-5-6-17-14(19)8-11/h2-8,13H,9H2,1H3,(H,17,19)(H,18,22)(H,20,21). The Morgan fingerprint density at radius 1 is 1.30 bits per heavy atom. The molecule has 0 spiro atoms. The number of carbonyl (C=O) groups is 2. The van der Waals surface area contributed by atoms with Crippen molar-refractivity contribution in [3.05, 3.63) is 64.1 Å². The predicted molar refractivity (Wildman–Crippen MR) is 82.5 cm³/mol. The molecular weight excluding hydrogens is 300 g/mol. The van der Waals surface area contributed by atoms with Crippen molar-refractivity contribution >= 4 is 11.9 Å². The molecule has 1 aromatic heterocycles. The number of amides is 1. The van der Waals surface area contributed by atoms with E-state index in [1.165, 1.54) is 19.4 Å². The third kappa shape index (κ3) is 4.44. The van der Waals surface area contributed by atoms with Crippen LogP contribution < -0.4 is 15.6 Å². The molecule has 0 bridgehead atoms. The highest BCUT2D eigenvalue weighted by Crippen LogP contribution is 2.22. The lowest BCUT2D eigenvalue weighted by Gasteiger charge is -2.18. The quantitative estimate of drug-likeness (QED) is 0.745. The van der Waals surface area contributed by atoms with Crippen LogP contribution in [0.15, 0.2) is 47.4 Å². The number of methoxy groups -OCH3 is 1. The van der Waals surface area contributed by atoms with E-state index >= 15 is 0 Å². The first kappa shape index (κ1) is 16.3. The fourth-order valence-electron chi connectivity index (χ4n) is 2.11. The van der Waals surface area contributed by atoms with E-state index in [2.05, 4.69) is 10.3 Å². The molecule has 1 aromatic carbocycles. The first-order chi connectivity index (χ1) is 11.0. The van der Waals surface area contributed by atoms with Crippen LogP contribution in [0.3, 0.4) is 0 Å². The second-order valence-corrected chi connectivity index (χ2v) is 4.84. The monoisotopic (exact) mass is 316 g/mol. The molecule has 7 nitrogen and oxygen atoms in total. The summed E-state index contributed by atoms with van der Waals surface area (Å²) < 4.78 is 5.11. The van der Waals surface area contributed by atoms with Crippen molar-refractivity contribution in [2.24, 2.45) is 0 Å². The Bertz CT molecular complexity index is 769. The van der Waals surface area contributed by atoms with Crippen LogP contribution in [0.1, 0.15) is 28.4 Å². The van der Waals surface area contributed by atoms with Crippen LogP contribution in [-0.4, -0.2) is 29.1 Å². The highest BCUT2D eigenvalue weighted by molar-refractivity contribution is 5.94. The Morgan fingerprint density at radius 3 is 2.74 bits per heavy atom. The molecule has 0 aliphatic heterocycles. The van der Waals surface area contributed by atoms with E-state index in [1.807, 2.05) is 0 Å². The summed E-state index contributed by atoms with van der Waals surface area (Å²) in [5, 5.41) is 11.7. The lowest BCUT2D eigenvalue weighted by atomic mass is 10.0. The Balaban J connectivity index is 2.26. The molecule has 1 amide bonds. The highest BCUT2D eigenvalue weighted by Gasteiger charge is 2.19. The topological polar surface area (TPSA) is 108 Å². The number of hydrogen-bond donors (Lipinski definition) is 3. The molecule has 0 aliphatic rings. The van der Waals surface area contributed by atoms with Gasteiger partial charge in [0, 0.05) is 17.8 Å². The van der Waals surface area contributed by atoms with E-state index in [4.69, 9.17) is 9.84 Å². The summed E-state index contributed by atoms with van der Waals surface area (Å²) >= 11 is 0. The number of ether oxygens (including phenoxy) is 1. The molecule has 120 valence electrons. The Kier molecular flexibility index (Phi) is 5.14. The normalized spacial score (nSPS) is 11.5. The van der Waals surface area contributed by atoms with Crippen molar-refractivity contribution in [3.63, 3.8) is 0 Å². The molecular formula is C16H16N2O5. The maximum Gasteiger partial charge on any atom is 0.305 e. The minimum Gasteiger partial charge on any atom is -0.497 e. The Labute approximate surface area is 131 Å². The van der Waals surface area contributed by atoms with Crippen LogP contribution in [-0.2, 0) is 4.79 Å². The van der Waals surface area contributed by atoms with Crippen LogP contribution in [0, 0.1) is 0 Å². The molecule has 23 heavy (non-hydrogen) atoms. The number of carboxylic acid groups (broad SMARTS) is 1. The Hall–Kier alpha value is -3.09. The van der Waals surface area contributed by atoms with Gasteiger partial charge in [-0.2, -0.15) is 0 Å². The van der Waals surface area contributed by atoms with E-state index in [9.17, 15) is 14.4 Å². The smallest absolute Gasteiger partial charge is 0.305 e. The highest BCUT2D eigenvalue weighted by atomic mass is 16.5. The average molecular weight is 316 g/mol. The van der Waals surface area contributed by atoms with Crippen molar-refractivity contribution < 1.29 is 19.4 Å². The first-order valence-corrected chi connectivity index (χ1v) is 6.85. The molecule has 0 saturated heterocycles. The van der Waals surface area contributed by atoms with E-state index in [0.29, 0.717) is 11.3 Å². The zero-order valence-corrected chi connectivity index (χ0v) is 12.4. The molecule has 1 unspecified atom stereocenters. The van der Waals surface area contributed by atoms with Crippen LogP contribution in [0.2, 0.25) is 0 Å². The van der Waals surface area contributed by atoms with Gasteiger partial charge in [-0.15, -0.1) is 0 Å². The zero-order chi connectivity index (χ0) is 16.8. The van der Waals surface area contributed by atoms with Gasteiger partial charge in [-0.25, -0.2) is 0 Å². The summed E-state index contributed by atoms with van der Waals surface area (Å²) in [6.07, 6.45) is 1.07. The fraction of sp³-hybridized carbons (Fsp3) is 0.188. The summed E-state index contributed by atoms with van der Waals surface area (Å²) in [4.78, 5) is 37.0. The average Bonchev–Trinajstić information content (AvgIpc) is 2.53. The molecule has 2 rings (SSSR count). The minimum atomic E-state index is -1.05. The first-order valence-electron chi connectivity index (χ1n) is 6.85. The zero-order valence-electron chi connectivity index (χ0n) is 12.4. The van der Waals surface area contributed by atoms with Gasteiger partial charge in [-0.05, 0) is 23.8 Å². The largest absolute Gasteiger partial charge is 0.497 e. The van der Waals surface area contributed by atoms with Crippen LogP contribution in [0.4, 0.5) is 0 Å². The number of carbonyl (C=O) groups excluding carboxylic acids is 1. The van der Waals surface area contributed by atoms with Crippen molar-refractivity contribution in [2.75, 3.05) is 7.11 Å². The molecule has 2 aromatic rings. The summed E-state index contributed by atoms with van der Waals surface area (Å²) in [6.45, 7) is 0. The molecule has 0 radical (unpaired) electrons. The summed E-state index contributed by atoms with van der Waals surface area (Å²) in [6, 6.07) is 8.65. The predicted octanol–water partition coefficient (Wildman–Crippen LogP) is 1.33. The molecule has 1 heterocycles. The second-order valence-electron chi connectivity index (χ2n) is 4.84. The van der Waals surface area contributed by atoms with Gasteiger partial charge < -0.3 is 20.1 Å². The van der Waals surface area contributed by atoms with Gasteiger partial charge >= 0.3 is 5.97 Å². The number of benzene rings is 1. The number of pyridine rings is 1. The number of aromatic amines is 1. The van der Waals surface area contributed by atoms with Gasteiger partial charge in [0.25, 0.3) is 5.91 Å². The minimum absolute atomic E-state index is 0.159. The third-order valence-corrected chi connectivity index (χ3v) is 3.22. The van der Waals surface area contributed by atoms with Crippen molar-refractivity contribution in [1.29, 1.82) is 0 Å². The van der Waals surface area contributed by atoms with Gasteiger partial charge in [0.1, 0.15) is 5.75 Å². The number of nitrogens with one attached hydrogen (secondary N) is 2. The van der Waals surface area contributed by atoms with Crippen LogP contribution in [0.25, 0.3) is 0 Å². The van der Waals surface area contributed by atoms with E-state index in [0.717, 1.165) is 6.07 Å². The summed E-state index contributed by atoms with van der Waals surface area (Å²) in [5.41, 5.74) is 0.353. The Morgan fingerprint density at radius 2 is 2.09 bits per heavy atom. The van der Waals surface area contributed by atoms with E-state index in [1.54, 1.807) is 24.3 Å². The SMILES string of the molecule is COc1cccc(C(CC(=O)O)NC(=O)c2cc[nH]c(=O)c2)c1. The number of hydrogen-bond acceptors (Lipinski definition) is 4. The molecule has 1 atom stereocenters. The maximum absolute atomic E-state index is 12.2. The van der Waals surface area contributed by atoms with Crippen molar-refractivity contribution in [2.45, 2.75) is 12.5 Å². The van der Waals surface area contributed by atoms with Gasteiger partial charge in [-0.1, -0.05) is 12.1 Å². The van der Waals surface area contributed by atoms with E-state index < -0.39 is 23.5 Å². The number of H-pyrrole nitrogens is 1. The van der Waals surface area contributed by atoms with Crippen molar-refractivity contribution in [1.82, 2.24) is 10.3 Å². The fourth-order valence-corrected chi connectivity index (χ4v) is 2.11. The third-order valence-electron chi connectivity index (χ3n) is 3.22. The molecule has 0 fully saturated rings.